The highest BCUT2D eigenvalue weighted by Crippen LogP contribution is 2.46. The molecule has 2 heterocycles. The van der Waals surface area contributed by atoms with Crippen molar-refractivity contribution >= 4 is 18.7 Å². The minimum absolute atomic E-state index is 0.148. The lowest BCUT2D eigenvalue weighted by Gasteiger charge is -2.46. The van der Waals surface area contributed by atoms with Gasteiger partial charge in [-0.1, -0.05) is 94.8 Å². The normalized spacial score (nSPS) is 28.3. The molecule has 2 aliphatic heterocycles. The number of unbranched alkanes of at least 4 members (excludes halogenated alkanes) is 1. The SMILES string of the molecule is CCCCO[C@H](C)[C@]1(CO[Si](c2ccccc2)(c2ccccc2)C(C)(C)C)O[C@@H]2OC(C)(C)O[C@@H]2[C@H]1O. The molecule has 2 aliphatic rings. The summed E-state index contributed by atoms with van der Waals surface area (Å²) in [7, 11) is -2.87. The topological polar surface area (TPSA) is 66.4 Å². The van der Waals surface area contributed by atoms with E-state index in [1.807, 2.05) is 32.9 Å². The second-order valence-electron chi connectivity index (χ2n) is 11.8. The Morgan fingerprint density at radius 2 is 1.51 bits per heavy atom. The maximum absolute atomic E-state index is 11.7. The van der Waals surface area contributed by atoms with Gasteiger partial charge in [-0.3, -0.25) is 0 Å². The second kappa shape index (κ2) is 10.9. The number of rotatable bonds is 10. The van der Waals surface area contributed by atoms with Gasteiger partial charge in [0.05, 0.1) is 12.7 Å². The number of fused-ring (bicyclic) bond motifs is 1. The fraction of sp³-hybridized carbons (Fsp3) is 0.600. The molecule has 0 aliphatic carbocycles. The third-order valence-corrected chi connectivity index (χ3v) is 12.7. The number of ether oxygens (including phenoxy) is 4. The first-order chi connectivity index (χ1) is 17.5. The molecular weight excluding hydrogens is 484 g/mol. The Kier molecular flexibility index (Phi) is 8.36. The maximum Gasteiger partial charge on any atom is 0.261 e. The molecule has 2 aromatic carbocycles. The van der Waals surface area contributed by atoms with Crippen molar-refractivity contribution < 1.29 is 28.5 Å². The summed E-state index contributed by atoms with van der Waals surface area (Å²) in [6.45, 7) is 15.2. The van der Waals surface area contributed by atoms with E-state index in [0.717, 1.165) is 12.8 Å². The maximum atomic E-state index is 11.7. The van der Waals surface area contributed by atoms with Crippen molar-refractivity contribution in [3.8, 4) is 0 Å². The van der Waals surface area contributed by atoms with Gasteiger partial charge in [0, 0.05) is 6.61 Å². The monoisotopic (exact) mass is 528 g/mol. The van der Waals surface area contributed by atoms with Crippen LogP contribution in [0.3, 0.4) is 0 Å². The van der Waals surface area contributed by atoms with Crippen molar-refractivity contribution in [1.29, 1.82) is 0 Å². The fourth-order valence-corrected chi connectivity index (χ4v) is 10.3. The quantitative estimate of drug-likeness (QED) is 0.365. The van der Waals surface area contributed by atoms with Gasteiger partial charge in [-0.2, -0.15) is 0 Å². The smallest absolute Gasteiger partial charge is 0.261 e. The number of hydrogen-bond acceptors (Lipinski definition) is 6. The van der Waals surface area contributed by atoms with Crippen LogP contribution in [0.15, 0.2) is 60.7 Å². The number of aliphatic hydroxyl groups is 1. The average molecular weight is 529 g/mol. The first-order valence-corrected chi connectivity index (χ1v) is 15.5. The van der Waals surface area contributed by atoms with Crippen LogP contribution in [0.25, 0.3) is 0 Å². The molecule has 0 unspecified atom stereocenters. The molecule has 204 valence electrons. The van der Waals surface area contributed by atoms with E-state index in [9.17, 15) is 5.11 Å². The third-order valence-electron chi connectivity index (χ3n) is 7.72. The van der Waals surface area contributed by atoms with E-state index in [0.29, 0.717) is 6.61 Å². The first-order valence-electron chi connectivity index (χ1n) is 13.5. The predicted molar refractivity (Wildman–Crippen MR) is 148 cm³/mol. The minimum atomic E-state index is -2.87. The standard InChI is InChI=1S/C30H44O6Si/c1-8-9-20-32-22(2)30(26(31)25-27(36-30)35-29(6,7)34-25)21-33-37(28(3,4)5,23-16-12-10-13-17-23)24-18-14-11-15-19-24/h10-19,22,25-27,31H,8-9,20-21H2,1-7H3/t22-,25-,26-,27+,30+/m1/s1. The lowest BCUT2D eigenvalue weighted by Crippen LogP contribution is -2.69. The Balaban J connectivity index is 1.75. The largest absolute Gasteiger partial charge is 0.404 e. The summed E-state index contributed by atoms with van der Waals surface area (Å²) in [5.74, 6) is -0.826. The molecule has 4 rings (SSSR count). The van der Waals surface area contributed by atoms with Gasteiger partial charge in [0.1, 0.15) is 17.8 Å². The van der Waals surface area contributed by atoms with E-state index in [1.165, 1.54) is 10.4 Å². The molecule has 37 heavy (non-hydrogen) atoms. The molecule has 0 amide bonds. The predicted octanol–water partition coefficient (Wildman–Crippen LogP) is 4.38. The Bertz CT molecular complexity index is 968. The van der Waals surface area contributed by atoms with Gasteiger partial charge in [-0.15, -0.1) is 0 Å². The zero-order chi connectivity index (χ0) is 26.9. The second-order valence-corrected chi connectivity index (χ2v) is 16.1. The van der Waals surface area contributed by atoms with Crippen molar-refractivity contribution in [1.82, 2.24) is 0 Å². The van der Waals surface area contributed by atoms with Gasteiger partial charge in [0.25, 0.3) is 8.32 Å². The molecular formula is C30H44O6Si. The number of benzene rings is 2. The summed E-state index contributed by atoms with van der Waals surface area (Å²) in [5, 5.41) is 13.9. The molecule has 0 spiro atoms. The van der Waals surface area contributed by atoms with E-state index in [1.54, 1.807) is 0 Å². The molecule has 7 heteroatoms. The van der Waals surface area contributed by atoms with E-state index >= 15 is 0 Å². The van der Waals surface area contributed by atoms with E-state index in [2.05, 4.69) is 76.2 Å². The molecule has 2 saturated heterocycles. The lowest BCUT2D eigenvalue weighted by atomic mass is 9.90. The van der Waals surface area contributed by atoms with Crippen LogP contribution < -0.4 is 10.4 Å². The zero-order valence-electron chi connectivity index (χ0n) is 23.4. The highest BCUT2D eigenvalue weighted by Gasteiger charge is 2.65. The molecule has 2 aromatic rings. The Morgan fingerprint density at radius 1 is 0.946 bits per heavy atom. The molecule has 0 saturated carbocycles. The van der Waals surface area contributed by atoms with Crippen molar-refractivity contribution in [2.75, 3.05) is 13.2 Å². The van der Waals surface area contributed by atoms with Crippen LogP contribution in [0.2, 0.25) is 5.04 Å². The van der Waals surface area contributed by atoms with Crippen LogP contribution in [-0.4, -0.2) is 62.6 Å². The molecule has 5 atom stereocenters. The van der Waals surface area contributed by atoms with E-state index < -0.39 is 44.3 Å². The summed E-state index contributed by atoms with van der Waals surface area (Å²) in [6, 6.07) is 21.0. The summed E-state index contributed by atoms with van der Waals surface area (Å²) >= 11 is 0. The van der Waals surface area contributed by atoms with E-state index in [4.69, 9.17) is 23.4 Å². The Hall–Kier alpha value is -1.58. The Labute approximate surface area is 223 Å². The van der Waals surface area contributed by atoms with Crippen molar-refractivity contribution in [3.05, 3.63) is 60.7 Å². The summed E-state index contributed by atoms with van der Waals surface area (Å²) in [6.07, 6.45) is -0.769. The highest BCUT2D eigenvalue weighted by atomic mass is 28.4. The van der Waals surface area contributed by atoms with Crippen LogP contribution in [0.4, 0.5) is 0 Å². The molecule has 0 bridgehead atoms. The van der Waals surface area contributed by atoms with Crippen LogP contribution in [0.5, 0.6) is 0 Å². The molecule has 1 N–H and O–H groups in total. The number of aliphatic hydroxyl groups excluding tert-OH is 1. The minimum Gasteiger partial charge on any atom is -0.404 e. The third kappa shape index (κ3) is 5.32. The summed E-state index contributed by atoms with van der Waals surface area (Å²) < 4.78 is 32.2. The highest BCUT2D eigenvalue weighted by molar-refractivity contribution is 6.99. The lowest BCUT2D eigenvalue weighted by molar-refractivity contribution is -0.267. The number of hydrogen-bond donors (Lipinski definition) is 1. The van der Waals surface area contributed by atoms with E-state index in [-0.39, 0.29) is 11.6 Å². The van der Waals surface area contributed by atoms with Crippen LogP contribution >= 0.6 is 0 Å². The Morgan fingerprint density at radius 3 is 2.00 bits per heavy atom. The van der Waals surface area contributed by atoms with Gasteiger partial charge in [0.2, 0.25) is 0 Å². The van der Waals surface area contributed by atoms with Gasteiger partial charge in [0.15, 0.2) is 12.1 Å². The fourth-order valence-electron chi connectivity index (χ4n) is 5.73. The molecule has 0 aromatic heterocycles. The van der Waals surface area contributed by atoms with Crippen LogP contribution in [0.1, 0.15) is 61.3 Å². The summed E-state index contributed by atoms with van der Waals surface area (Å²) in [5.41, 5.74) is -1.15. The zero-order valence-corrected chi connectivity index (χ0v) is 24.4. The molecule has 6 nitrogen and oxygen atoms in total. The van der Waals surface area contributed by atoms with Crippen molar-refractivity contribution in [2.45, 2.75) is 102 Å². The van der Waals surface area contributed by atoms with Crippen LogP contribution in [-0.2, 0) is 23.4 Å². The summed E-state index contributed by atoms with van der Waals surface area (Å²) in [4.78, 5) is 0. The van der Waals surface area contributed by atoms with Gasteiger partial charge >= 0.3 is 0 Å². The van der Waals surface area contributed by atoms with Crippen LogP contribution in [0, 0.1) is 0 Å². The van der Waals surface area contributed by atoms with Crippen molar-refractivity contribution in [2.24, 2.45) is 0 Å². The van der Waals surface area contributed by atoms with Gasteiger partial charge < -0.3 is 28.5 Å². The molecule has 2 fully saturated rings. The molecule has 0 radical (unpaired) electrons. The van der Waals surface area contributed by atoms with Crippen molar-refractivity contribution in [3.63, 3.8) is 0 Å². The van der Waals surface area contributed by atoms with Gasteiger partial charge in [-0.05, 0) is 42.6 Å². The van der Waals surface area contributed by atoms with Gasteiger partial charge in [-0.25, -0.2) is 0 Å². The average Bonchev–Trinajstić information content (AvgIpc) is 3.29. The first kappa shape index (κ1) is 28.4.